The molecule has 1 unspecified atom stereocenters. The van der Waals surface area contributed by atoms with Crippen molar-refractivity contribution in [1.29, 1.82) is 0 Å². The van der Waals surface area contributed by atoms with Crippen molar-refractivity contribution in [1.82, 2.24) is 10.3 Å². The molecule has 0 fully saturated rings. The summed E-state index contributed by atoms with van der Waals surface area (Å²) in [6.07, 6.45) is 0.0366. The first-order chi connectivity index (χ1) is 9.49. The fourth-order valence-electron chi connectivity index (χ4n) is 1.95. The highest BCUT2D eigenvalue weighted by molar-refractivity contribution is 7.09. The molecule has 1 amide bonds. The Morgan fingerprint density at radius 2 is 2.10 bits per heavy atom. The monoisotopic (exact) mass is 290 g/mol. The predicted octanol–water partition coefficient (Wildman–Crippen LogP) is 2.37. The van der Waals surface area contributed by atoms with Crippen molar-refractivity contribution >= 4 is 17.2 Å². The Morgan fingerprint density at radius 1 is 1.40 bits per heavy atom. The minimum atomic E-state index is -1.16. The molecular formula is C15H18N2O2S. The van der Waals surface area contributed by atoms with Gasteiger partial charge in [-0.05, 0) is 19.4 Å². The molecule has 5 heteroatoms. The minimum absolute atomic E-state index is 0.0366. The predicted molar refractivity (Wildman–Crippen MR) is 79.3 cm³/mol. The number of thiazole rings is 1. The van der Waals surface area contributed by atoms with E-state index in [1.54, 1.807) is 12.4 Å². The lowest BCUT2D eigenvalue weighted by Crippen LogP contribution is -2.32. The van der Waals surface area contributed by atoms with Crippen LogP contribution in [0.15, 0.2) is 35.8 Å². The third-order valence-electron chi connectivity index (χ3n) is 3.19. The summed E-state index contributed by atoms with van der Waals surface area (Å²) in [4.78, 5) is 17.1. The van der Waals surface area contributed by atoms with Crippen LogP contribution in [0.5, 0.6) is 0 Å². The lowest BCUT2D eigenvalue weighted by atomic mass is 9.92. The third kappa shape index (κ3) is 3.65. The molecule has 2 N–H and O–H groups in total. The van der Waals surface area contributed by atoms with Gasteiger partial charge in [0.15, 0.2) is 0 Å². The van der Waals surface area contributed by atoms with Crippen LogP contribution >= 0.6 is 11.3 Å². The van der Waals surface area contributed by atoms with E-state index in [1.807, 2.05) is 37.3 Å². The number of carbonyl (C=O) groups excluding carboxylic acids is 1. The zero-order valence-corrected chi connectivity index (χ0v) is 12.4. The summed E-state index contributed by atoms with van der Waals surface area (Å²) in [7, 11) is 0. The van der Waals surface area contributed by atoms with Crippen LogP contribution in [-0.4, -0.2) is 16.0 Å². The Hall–Kier alpha value is -1.72. The fourth-order valence-corrected chi connectivity index (χ4v) is 2.67. The molecule has 0 bridgehead atoms. The standard InChI is InChI=1S/C15H18N2O2S/c1-11-13(20-10-17-11)9-16-14(18)8-15(2,19)12-6-4-3-5-7-12/h3-7,10,19H,8-9H2,1-2H3,(H,16,18). The molecule has 4 nitrogen and oxygen atoms in total. The quantitative estimate of drug-likeness (QED) is 0.888. The molecule has 0 spiro atoms. The van der Waals surface area contributed by atoms with Crippen LogP contribution in [0.2, 0.25) is 0 Å². The maximum absolute atomic E-state index is 12.0. The molecule has 20 heavy (non-hydrogen) atoms. The lowest BCUT2D eigenvalue weighted by Gasteiger charge is -2.23. The number of aromatic nitrogens is 1. The molecule has 0 saturated carbocycles. The molecule has 2 rings (SSSR count). The average molecular weight is 290 g/mol. The Kier molecular flexibility index (Phi) is 4.52. The number of carbonyl (C=O) groups is 1. The highest BCUT2D eigenvalue weighted by atomic mass is 32.1. The number of hydrogen-bond donors (Lipinski definition) is 2. The summed E-state index contributed by atoms with van der Waals surface area (Å²) < 4.78 is 0. The second-order valence-electron chi connectivity index (χ2n) is 4.95. The molecule has 0 radical (unpaired) electrons. The first-order valence-corrected chi connectivity index (χ1v) is 7.30. The van der Waals surface area contributed by atoms with Gasteiger partial charge in [0.2, 0.25) is 5.91 Å². The van der Waals surface area contributed by atoms with E-state index in [2.05, 4.69) is 10.3 Å². The number of nitrogens with zero attached hydrogens (tertiary/aromatic N) is 1. The number of benzene rings is 1. The van der Waals surface area contributed by atoms with Gasteiger partial charge in [-0.25, -0.2) is 4.98 Å². The second-order valence-corrected chi connectivity index (χ2v) is 5.89. The van der Waals surface area contributed by atoms with Crippen molar-refractivity contribution in [2.24, 2.45) is 0 Å². The highest BCUT2D eigenvalue weighted by Gasteiger charge is 2.26. The Labute approximate surface area is 122 Å². The van der Waals surface area contributed by atoms with Gasteiger partial charge in [-0.15, -0.1) is 11.3 Å². The van der Waals surface area contributed by atoms with E-state index >= 15 is 0 Å². The maximum Gasteiger partial charge on any atom is 0.223 e. The average Bonchev–Trinajstić information content (AvgIpc) is 2.82. The van der Waals surface area contributed by atoms with Crippen molar-refractivity contribution in [3.05, 3.63) is 52.0 Å². The summed E-state index contributed by atoms with van der Waals surface area (Å²) in [5, 5.41) is 13.2. The van der Waals surface area contributed by atoms with Crippen LogP contribution in [0.3, 0.4) is 0 Å². The smallest absolute Gasteiger partial charge is 0.223 e. The molecule has 0 aliphatic heterocycles. The van der Waals surface area contributed by atoms with Gasteiger partial charge in [0.25, 0.3) is 0 Å². The van der Waals surface area contributed by atoms with Crippen LogP contribution < -0.4 is 5.32 Å². The van der Waals surface area contributed by atoms with E-state index in [0.29, 0.717) is 6.54 Å². The van der Waals surface area contributed by atoms with E-state index < -0.39 is 5.60 Å². The first kappa shape index (κ1) is 14.7. The molecule has 106 valence electrons. The number of amides is 1. The summed E-state index contributed by atoms with van der Waals surface area (Å²) in [5.41, 5.74) is 2.28. The fraction of sp³-hybridized carbons (Fsp3) is 0.333. The van der Waals surface area contributed by atoms with Crippen LogP contribution in [0.4, 0.5) is 0 Å². The van der Waals surface area contributed by atoms with Gasteiger partial charge in [0.05, 0.1) is 29.8 Å². The van der Waals surface area contributed by atoms with Gasteiger partial charge in [-0.3, -0.25) is 4.79 Å². The Morgan fingerprint density at radius 3 is 2.70 bits per heavy atom. The normalized spacial score (nSPS) is 13.8. The Bertz CT molecular complexity index is 579. The van der Waals surface area contributed by atoms with Crippen molar-refractivity contribution in [3.8, 4) is 0 Å². The van der Waals surface area contributed by atoms with Gasteiger partial charge in [-0.2, -0.15) is 0 Å². The number of hydrogen-bond acceptors (Lipinski definition) is 4. The van der Waals surface area contributed by atoms with Gasteiger partial charge in [0.1, 0.15) is 0 Å². The van der Waals surface area contributed by atoms with Crippen LogP contribution in [-0.2, 0) is 16.9 Å². The zero-order chi connectivity index (χ0) is 14.6. The zero-order valence-electron chi connectivity index (χ0n) is 11.6. The van der Waals surface area contributed by atoms with E-state index in [1.165, 1.54) is 11.3 Å². The summed E-state index contributed by atoms with van der Waals surface area (Å²) in [5.74, 6) is -0.174. The third-order valence-corrected chi connectivity index (χ3v) is 4.13. The summed E-state index contributed by atoms with van der Waals surface area (Å²) in [6.45, 7) is 4.03. The summed E-state index contributed by atoms with van der Waals surface area (Å²) >= 11 is 1.52. The van der Waals surface area contributed by atoms with Crippen LogP contribution in [0, 0.1) is 6.92 Å². The van der Waals surface area contributed by atoms with Crippen LogP contribution in [0.25, 0.3) is 0 Å². The number of aliphatic hydroxyl groups is 1. The van der Waals surface area contributed by atoms with E-state index in [0.717, 1.165) is 16.1 Å². The Balaban J connectivity index is 1.93. The van der Waals surface area contributed by atoms with Gasteiger partial charge in [-0.1, -0.05) is 30.3 Å². The second kappa shape index (κ2) is 6.15. The molecule has 2 aromatic rings. The minimum Gasteiger partial charge on any atom is -0.385 e. The van der Waals surface area contributed by atoms with E-state index in [9.17, 15) is 9.90 Å². The van der Waals surface area contributed by atoms with Gasteiger partial charge >= 0.3 is 0 Å². The van der Waals surface area contributed by atoms with Crippen molar-refractivity contribution in [3.63, 3.8) is 0 Å². The molecular weight excluding hydrogens is 272 g/mol. The number of aryl methyl sites for hydroxylation is 1. The molecule has 1 heterocycles. The molecule has 0 aliphatic rings. The SMILES string of the molecule is Cc1ncsc1CNC(=O)CC(C)(O)c1ccccc1. The molecule has 0 saturated heterocycles. The number of nitrogens with one attached hydrogen (secondary N) is 1. The first-order valence-electron chi connectivity index (χ1n) is 6.42. The van der Waals surface area contributed by atoms with E-state index in [-0.39, 0.29) is 12.3 Å². The largest absolute Gasteiger partial charge is 0.385 e. The topological polar surface area (TPSA) is 62.2 Å². The van der Waals surface area contributed by atoms with Crippen molar-refractivity contribution < 1.29 is 9.90 Å². The number of rotatable bonds is 5. The molecule has 1 atom stereocenters. The van der Waals surface area contributed by atoms with Gasteiger partial charge in [0, 0.05) is 4.88 Å². The molecule has 1 aromatic carbocycles. The van der Waals surface area contributed by atoms with E-state index in [4.69, 9.17) is 0 Å². The molecule has 1 aromatic heterocycles. The van der Waals surface area contributed by atoms with Crippen molar-refractivity contribution in [2.75, 3.05) is 0 Å². The summed E-state index contributed by atoms with van der Waals surface area (Å²) in [6, 6.07) is 9.22. The van der Waals surface area contributed by atoms with Crippen molar-refractivity contribution in [2.45, 2.75) is 32.4 Å². The molecule has 0 aliphatic carbocycles. The lowest BCUT2D eigenvalue weighted by molar-refractivity contribution is -0.126. The maximum atomic E-state index is 12.0. The highest BCUT2D eigenvalue weighted by Crippen LogP contribution is 2.24. The van der Waals surface area contributed by atoms with Gasteiger partial charge < -0.3 is 10.4 Å². The van der Waals surface area contributed by atoms with Crippen LogP contribution in [0.1, 0.15) is 29.5 Å².